The van der Waals surface area contributed by atoms with Crippen molar-refractivity contribution < 1.29 is 47.0 Å². The van der Waals surface area contributed by atoms with Crippen molar-refractivity contribution in [2.45, 2.75) is 19.1 Å². The first-order valence-electron chi connectivity index (χ1n) is 9.41. The smallest absolute Gasteiger partial charge is 0.334 e. The van der Waals surface area contributed by atoms with Gasteiger partial charge < -0.3 is 28.6 Å². The van der Waals surface area contributed by atoms with Crippen LogP contribution in [0, 0.1) is 11.8 Å². The number of benzene rings is 1. The Hall–Kier alpha value is -2.75. The van der Waals surface area contributed by atoms with Crippen LogP contribution in [0.3, 0.4) is 0 Å². The molecule has 11 nitrogen and oxygen atoms in total. The molecule has 1 N–H and O–H groups in total. The number of methoxy groups -OCH3 is 3. The van der Waals surface area contributed by atoms with Gasteiger partial charge in [-0.1, -0.05) is 19.1 Å². The van der Waals surface area contributed by atoms with Crippen molar-refractivity contribution in [1.29, 1.82) is 0 Å². The number of hydrogen-bond donors (Lipinski definition) is 1. The molecule has 2 atom stereocenters. The maximum absolute atomic E-state index is 12.7. The average molecular weight is 473 g/mol. The van der Waals surface area contributed by atoms with Crippen LogP contribution in [0.5, 0.6) is 0 Å². The van der Waals surface area contributed by atoms with Crippen LogP contribution < -0.4 is 5.32 Å². The van der Waals surface area contributed by atoms with Crippen LogP contribution in [0.15, 0.2) is 24.3 Å². The molecule has 0 bridgehead atoms. The Kier molecular flexibility index (Phi) is 10.5. The normalized spacial score (nSPS) is 13.1. The molecule has 178 valence electrons. The first kappa shape index (κ1) is 27.3. The monoisotopic (exact) mass is 473 g/mol. The fraction of sp³-hybridized carbons (Fsp3) is 0.500. The molecule has 0 unspecified atom stereocenters. The lowest BCUT2D eigenvalue weighted by Gasteiger charge is -2.27. The van der Waals surface area contributed by atoms with E-state index in [4.69, 9.17) is 13.8 Å². The molecular weight excluding hydrogens is 445 g/mol. The topological polar surface area (TPSA) is 144 Å². The van der Waals surface area contributed by atoms with Crippen LogP contribution in [-0.4, -0.2) is 65.4 Å². The summed E-state index contributed by atoms with van der Waals surface area (Å²) >= 11 is 0. The van der Waals surface area contributed by atoms with Gasteiger partial charge in [0.05, 0.1) is 27.5 Å². The molecule has 0 fully saturated rings. The van der Waals surface area contributed by atoms with Crippen molar-refractivity contribution in [3.8, 4) is 0 Å². The Bertz CT molecular complexity index is 846. The summed E-state index contributed by atoms with van der Waals surface area (Å²) in [6.07, 6.45) is 0.00363. The van der Waals surface area contributed by atoms with E-state index in [1.165, 1.54) is 33.3 Å². The Morgan fingerprint density at radius 2 is 1.31 bits per heavy atom. The SMILES string of the molecule is COC(=O)C(C(=O)OC)[C@@H](C)[C@H](NC(=O)c1ccc(CP(=O)(OC)OC)cc1)C(=O)OC. The van der Waals surface area contributed by atoms with Gasteiger partial charge in [0.15, 0.2) is 5.92 Å². The highest BCUT2D eigenvalue weighted by molar-refractivity contribution is 7.52. The lowest BCUT2D eigenvalue weighted by molar-refractivity contribution is -0.163. The highest BCUT2D eigenvalue weighted by Gasteiger charge is 2.42. The van der Waals surface area contributed by atoms with E-state index in [1.807, 2.05) is 0 Å². The Morgan fingerprint density at radius 3 is 1.72 bits per heavy atom. The van der Waals surface area contributed by atoms with Gasteiger partial charge in [-0.05, 0) is 17.7 Å². The quantitative estimate of drug-likeness (QED) is 0.217. The molecule has 0 saturated heterocycles. The zero-order valence-corrected chi connectivity index (χ0v) is 19.7. The lowest BCUT2D eigenvalue weighted by Crippen LogP contribution is -2.51. The van der Waals surface area contributed by atoms with Gasteiger partial charge in [0.2, 0.25) is 0 Å². The van der Waals surface area contributed by atoms with Crippen LogP contribution in [0.4, 0.5) is 0 Å². The van der Waals surface area contributed by atoms with E-state index < -0.39 is 49.3 Å². The fourth-order valence-corrected chi connectivity index (χ4v) is 3.98. The first-order chi connectivity index (χ1) is 15.1. The minimum atomic E-state index is -3.28. The lowest BCUT2D eigenvalue weighted by atomic mass is 9.87. The van der Waals surface area contributed by atoms with Crippen LogP contribution in [0.25, 0.3) is 0 Å². The second-order valence-electron chi connectivity index (χ2n) is 6.69. The number of hydrogen-bond acceptors (Lipinski definition) is 10. The Labute approximate surface area is 186 Å². The Balaban J connectivity index is 3.10. The van der Waals surface area contributed by atoms with E-state index in [1.54, 1.807) is 12.1 Å². The predicted molar refractivity (Wildman–Crippen MR) is 112 cm³/mol. The number of nitrogens with one attached hydrogen (secondary N) is 1. The highest BCUT2D eigenvalue weighted by atomic mass is 31.2. The summed E-state index contributed by atoms with van der Waals surface area (Å²) in [5.41, 5.74) is 0.773. The van der Waals surface area contributed by atoms with Crippen molar-refractivity contribution >= 4 is 31.4 Å². The molecule has 0 heterocycles. The van der Waals surface area contributed by atoms with Crippen molar-refractivity contribution in [2.24, 2.45) is 11.8 Å². The minimum absolute atomic E-state index is 0.00363. The van der Waals surface area contributed by atoms with Crippen LogP contribution in [0.2, 0.25) is 0 Å². The largest absolute Gasteiger partial charge is 0.468 e. The highest BCUT2D eigenvalue weighted by Crippen LogP contribution is 2.49. The van der Waals surface area contributed by atoms with Gasteiger partial charge in [0, 0.05) is 25.7 Å². The van der Waals surface area contributed by atoms with E-state index in [0.717, 1.165) is 21.3 Å². The minimum Gasteiger partial charge on any atom is -0.468 e. The summed E-state index contributed by atoms with van der Waals surface area (Å²) < 4.78 is 36.0. The maximum atomic E-state index is 12.7. The zero-order valence-electron chi connectivity index (χ0n) is 18.8. The van der Waals surface area contributed by atoms with Gasteiger partial charge in [0.1, 0.15) is 6.04 Å². The molecule has 1 amide bonds. The summed E-state index contributed by atoms with van der Waals surface area (Å²) in [7, 11) is 2.55. The van der Waals surface area contributed by atoms with Gasteiger partial charge in [-0.15, -0.1) is 0 Å². The summed E-state index contributed by atoms with van der Waals surface area (Å²) in [5.74, 6) is -5.86. The van der Waals surface area contributed by atoms with Crippen molar-refractivity contribution in [3.63, 3.8) is 0 Å². The standard InChI is InChI=1S/C20H28NO10P/c1-12(15(18(23)27-2)19(24)28-3)16(20(25)29-4)21-17(22)14-9-7-13(8-10-14)11-32(26,30-5)31-6/h7-10,12,15-16H,11H2,1-6H3,(H,21,22)/t12-,16+/m1/s1. The van der Waals surface area contributed by atoms with Gasteiger partial charge in [-0.25, -0.2) is 4.79 Å². The molecule has 0 spiro atoms. The number of rotatable bonds is 11. The third-order valence-electron chi connectivity index (χ3n) is 4.85. The van der Waals surface area contributed by atoms with Crippen molar-refractivity contribution in [1.82, 2.24) is 5.32 Å². The van der Waals surface area contributed by atoms with Crippen molar-refractivity contribution in [3.05, 3.63) is 35.4 Å². The number of ether oxygens (including phenoxy) is 3. The molecule has 0 radical (unpaired) electrons. The predicted octanol–water partition coefficient (Wildman–Crippen LogP) is 1.54. The van der Waals surface area contributed by atoms with E-state index in [-0.39, 0.29) is 11.7 Å². The zero-order chi connectivity index (χ0) is 24.5. The van der Waals surface area contributed by atoms with E-state index in [9.17, 15) is 23.7 Å². The third-order valence-corrected chi connectivity index (χ3v) is 6.72. The molecule has 1 rings (SSSR count). The number of amides is 1. The number of carbonyl (C=O) groups excluding carboxylic acids is 4. The van der Waals surface area contributed by atoms with E-state index in [0.29, 0.717) is 5.56 Å². The second-order valence-corrected chi connectivity index (χ2v) is 8.96. The molecule has 0 aromatic heterocycles. The van der Waals surface area contributed by atoms with Gasteiger partial charge in [0.25, 0.3) is 5.91 Å². The van der Waals surface area contributed by atoms with Gasteiger partial charge in [-0.2, -0.15) is 0 Å². The Morgan fingerprint density at radius 1 is 0.844 bits per heavy atom. The molecule has 0 saturated carbocycles. The number of carbonyl (C=O) groups is 4. The summed E-state index contributed by atoms with van der Waals surface area (Å²) in [6, 6.07) is 4.68. The maximum Gasteiger partial charge on any atom is 0.334 e. The summed E-state index contributed by atoms with van der Waals surface area (Å²) in [5, 5.41) is 2.48. The molecule has 12 heteroatoms. The molecule has 1 aromatic rings. The van der Waals surface area contributed by atoms with Crippen molar-refractivity contribution in [2.75, 3.05) is 35.5 Å². The second kappa shape index (κ2) is 12.3. The fourth-order valence-electron chi connectivity index (χ4n) is 2.92. The molecular formula is C20H28NO10P. The number of esters is 3. The van der Waals surface area contributed by atoms with Gasteiger partial charge in [-0.3, -0.25) is 18.9 Å². The van der Waals surface area contributed by atoms with Crippen LogP contribution in [-0.2, 0) is 48.4 Å². The van der Waals surface area contributed by atoms with Crippen LogP contribution >= 0.6 is 7.60 Å². The average Bonchev–Trinajstić information content (AvgIpc) is 2.81. The molecule has 0 aliphatic carbocycles. The summed E-state index contributed by atoms with van der Waals surface area (Å²) in [4.78, 5) is 49.2. The third kappa shape index (κ3) is 6.88. The van der Waals surface area contributed by atoms with E-state index >= 15 is 0 Å². The summed E-state index contributed by atoms with van der Waals surface area (Å²) in [6.45, 7) is 1.41. The first-order valence-corrected chi connectivity index (χ1v) is 11.1. The molecule has 0 aliphatic heterocycles. The van der Waals surface area contributed by atoms with E-state index in [2.05, 4.69) is 14.8 Å². The molecule has 1 aromatic carbocycles. The van der Waals surface area contributed by atoms with Gasteiger partial charge >= 0.3 is 25.5 Å². The molecule has 32 heavy (non-hydrogen) atoms. The van der Waals surface area contributed by atoms with Crippen LogP contribution in [0.1, 0.15) is 22.8 Å². The molecule has 0 aliphatic rings.